The Morgan fingerprint density at radius 3 is 2.63 bits per heavy atom. The summed E-state index contributed by atoms with van der Waals surface area (Å²) in [6.45, 7) is 14.9. The average molecular weight is 583 g/mol. The van der Waals surface area contributed by atoms with Crippen LogP contribution in [0.5, 0.6) is 0 Å². The molecular formula is C33H46N2O5S. The number of ether oxygens (including phenoxy) is 1. The lowest BCUT2D eigenvalue weighted by Crippen LogP contribution is -2.55. The number of rotatable bonds is 15. The highest BCUT2D eigenvalue weighted by atomic mass is 32.2. The number of thioether (sulfide) groups is 1. The van der Waals surface area contributed by atoms with Crippen LogP contribution < -0.4 is 4.90 Å². The van der Waals surface area contributed by atoms with Gasteiger partial charge in [-0.05, 0) is 89.3 Å². The molecule has 0 saturated carbocycles. The van der Waals surface area contributed by atoms with E-state index >= 15 is 0 Å². The topological polar surface area (TPSA) is 87.1 Å². The van der Waals surface area contributed by atoms with Crippen molar-refractivity contribution in [1.82, 2.24) is 4.90 Å². The fourth-order valence-electron chi connectivity index (χ4n) is 7.12. The van der Waals surface area contributed by atoms with Crippen LogP contribution in [0.25, 0.3) is 0 Å². The van der Waals surface area contributed by atoms with Crippen molar-refractivity contribution in [2.24, 2.45) is 11.8 Å². The lowest BCUT2D eigenvalue weighted by molar-refractivity contribution is -0.155. The van der Waals surface area contributed by atoms with Gasteiger partial charge in [0, 0.05) is 30.1 Å². The normalized spacial score (nSPS) is 28.0. The number of esters is 1. The molecule has 1 aromatic carbocycles. The van der Waals surface area contributed by atoms with Gasteiger partial charge in [-0.15, -0.1) is 24.9 Å². The summed E-state index contributed by atoms with van der Waals surface area (Å²) in [6, 6.07) is 5.37. The van der Waals surface area contributed by atoms with Gasteiger partial charge in [0.15, 0.2) is 0 Å². The van der Waals surface area contributed by atoms with Gasteiger partial charge in [-0.1, -0.05) is 24.3 Å². The average Bonchev–Trinajstić information content (AvgIpc) is 3.51. The van der Waals surface area contributed by atoms with Crippen molar-refractivity contribution in [2.75, 3.05) is 31.2 Å². The summed E-state index contributed by atoms with van der Waals surface area (Å²) in [5.74, 6) is -1.73. The molecule has 4 rings (SSSR count). The minimum absolute atomic E-state index is 0.0948. The van der Waals surface area contributed by atoms with Crippen LogP contribution in [0.2, 0.25) is 0 Å². The molecule has 1 aromatic rings. The van der Waals surface area contributed by atoms with Crippen molar-refractivity contribution in [2.45, 2.75) is 87.7 Å². The van der Waals surface area contributed by atoms with Gasteiger partial charge in [0.1, 0.15) is 6.04 Å². The first-order valence-electron chi connectivity index (χ1n) is 15.0. The van der Waals surface area contributed by atoms with Crippen molar-refractivity contribution in [3.63, 3.8) is 0 Å². The Labute approximate surface area is 249 Å². The fourth-order valence-corrected chi connectivity index (χ4v) is 9.46. The number of fused-ring (bicyclic) bond motifs is 1. The summed E-state index contributed by atoms with van der Waals surface area (Å²) in [5.41, 5.74) is 2.85. The van der Waals surface area contributed by atoms with Crippen molar-refractivity contribution < 1.29 is 24.2 Å². The van der Waals surface area contributed by atoms with Gasteiger partial charge in [0.2, 0.25) is 5.91 Å². The summed E-state index contributed by atoms with van der Waals surface area (Å²) < 4.78 is 4.63. The van der Waals surface area contributed by atoms with Gasteiger partial charge >= 0.3 is 5.97 Å². The second-order valence-corrected chi connectivity index (χ2v) is 13.9. The molecular weight excluding hydrogens is 536 g/mol. The molecule has 0 radical (unpaired) electrons. The molecule has 5 atom stereocenters. The number of hydrogen-bond donors (Lipinski definition) is 1. The summed E-state index contributed by atoms with van der Waals surface area (Å²) >= 11 is 1.67. The summed E-state index contributed by atoms with van der Waals surface area (Å²) in [5, 5.41) is 9.31. The smallest absolute Gasteiger partial charge is 0.311 e. The van der Waals surface area contributed by atoms with E-state index in [-0.39, 0.29) is 24.4 Å². The van der Waals surface area contributed by atoms with Crippen LogP contribution in [0, 0.1) is 25.7 Å². The van der Waals surface area contributed by atoms with E-state index in [2.05, 4.69) is 20.1 Å². The Balaban J connectivity index is 1.70. The minimum Gasteiger partial charge on any atom is -0.465 e. The van der Waals surface area contributed by atoms with Crippen LogP contribution in [-0.4, -0.2) is 69.6 Å². The number of amides is 2. The molecule has 3 saturated heterocycles. The zero-order valence-corrected chi connectivity index (χ0v) is 25.7. The highest BCUT2D eigenvalue weighted by Crippen LogP contribution is 2.71. The Hall–Kier alpha value is -2.58. The van der Waals surface area contributed by atoms with Crippen molar-refractivity contribution in [3.05, 3.63) is 54.6 Å². The van der Waals surface area contributed by atoms with E-state index in [1.807, 2.05) is 38.1 Å². The number of allylic oxidation sites excluding steroid dienone is 1. The number of aryl methyl sites for hydroxylation is 2. The lowest BCUT2D eigenvalue weighted by Gasteiger charge is -2.37. The first kappa shape index (κ1) is 31.4. The van der Waals surface area contributed by atoms with Crippen LogP contribution in [0.4, 0.5) is 5.69 Å². The first-order valence-corrected chi connectivity index (χ1v) is 15.9. The van der Waals surface area contributed by atoms with Crippen LogP contribution in [0.15, 0.2) is 43.5 Å². The molecule has 0 aliphatic carbocycles. The fraction of sp³-hybridized carbons (Fsp3) is 0.606. The molecule has 1 spiro atoms. The van der Waals surface area contributed by atoms with Crippen molar-refractivity contribution >= 4 is 35.2 Å². The van der Waals surface area contributed by atoms with E-state index in [0.717, 1.165) is 48.9 Å². The number of aliphatic hydroxyl groups is 1. The Morgan fingerprint density at radius 2 is 1.93 bits per heavy atom. The largest absolute Gasteiger partial charge is 0.465 e. The van der Waals surface area contributed by atoms with Gasteiger partial charge in [-0.3, -0.25) is 14.4 Å². The van der Waals surface area contributed by atoms with E-state index < -0.39 is 27.4 Å². The number of hydrogen-bond acceptors (Lipinski definition) is 6. The standard InChI is InChI=1S/C33H46N2O5S/c1-6-8-9-13-21-40-31(39)27-26-29(37)35(19-11-10-12-20-36)28(33(26)17-16-32(27,5)41-33)30(38)34(18-7-2)25-22-23(3)14-15-24(25)4/h6-7,14-15,22,26-28,36H,1-2,8-13,16-21H2,3-5H3/t26-,27+,28?,32-,33?/m0/s1. The molecule has 1 N–H and O–H groups in total. The Morgan fingerprint density at radius 1 is 1.15 bits per heavy atom. The number of carbonyl (C=O) groups is 3. The number of benzene rings is 1. The van der Waals surface area contributed by atoms with E-state index in [1.54, 1.807) is 27.6 Å². The summed E-state index contributed by atoms with van der Waals surface area (Å²) in [6.07, 6.45) is 9.65. The third-order valence-electron chi connectivity index (χ3n) is 9.10. The molecule has 41 heavy (non-hydrogen) atoms. The number of likely N-dealkylation sites (tertiary alicyclic amines) is 1. The molecule has 224 valence electrons. The monoisotopic (exact) mass is 582 g/mol. The third-order valence-corrected chi connectivity index (χ3v) is 11.1. The SMILES string of the molecule is C=CCCCCOC(=O)[C@H]1[C@H]2C(=O)N(CCCCCO)C(C(=O)N(CC=C)c3cc(C)ccc3C)C23CC[C@]1(C)S3. The van der Waals surface area contributed by atoms with E-state index in [9.17, 15) is 19.5 Å². The molecule has 8 heteroatoms. The van der Waals surface area contributed by atoms with Crippen molar-refractivity contribution in [3.8, 4) is 0 Å². The zero-order valence-electron chi connectivity index (χ0n) is 24.9. The number of unbranched alkanes of at least 4 members (excludes halogenated alkanes) is 4. The van der Waals surface area contributed by atoms with E-state index in [0.29, 0.717) is 39.0 Å². The van der Waals surface area contributed by atoms with Crippen LogP contribution in [-0.2, 0) is 19.1 Å². The maximum absolute atomic E-state index is 14.7. The Bertz CT molecular complexity index is 1170. The molecule has 3 aliphatic heterocycles. The predicted octanol–water partition coefficient (Wildman–Crippen LogP) is 5.37. The highest BCUT2D eigenvalue weighted by Gasteiger charge is 2.77. The first-order chi connectivity index (χ1) is 19.6. The second kappa shape index (κ2) is 13.2. The molecule has 2 unspecified atom stereocenters. The molecule has 2 amide bonds. The molecule has 0 aromatic heterocycles. The molecule has 2 bridgehead atoms. The van der Waals surface area contributed by atoms with Gasteiger partial charge in [-0.2, -0.15) is 0 Å². The maximum Gasteiger partial charge on any atom is 0.311 e. The third kappa shape index (κ3) is 5.87. The molecule has 3 heterocycles. The number of carbonyl (C=O) groups excluding carboxylic acids is 3. The quantitative estimate of drug-likeness (QED) is 0.170. The van der Waals surface area contributed by atoms with Crippen molar-refractivity contribution in [1.29, 1.82) is 0 Å². The predicted molar refractivity (Wildman–Crippen MR) is 165 cm³/mol. The molecule has 7 nitrogen and oxygen atoms in total. The van der Waals surface area contributed by atoms with E-state index in [4.69, 9.17) is 4.74 Å². The second-order valence-electron chi connectivity index (χ2n) is 12.0. The van der Waals surface area contributed by atoms with Crippen LogP contribution in [0.3, 0.4) is 0 Å². The maximum atomic E-state index is 14.7. The van der Waals surface area contributed by atoms with Crippen LogP contribution >= 0.6 is 11.8 Å². The summed E-state index contributed by atoms with van der Waals surface area (Å²) in [4.78, 5) is 46.2. The van der Waals surface area contributed by atoms with Gasteiger partial charge in [0.25, 0.3) is 5.91 Å². The summed E-state index contributed by atoms with van der Waals surface area (Å²) in [7, 11) is 0. The zero-order chi connectivity index (χ0) is 29.8. The number of nitrogens with zero attached hydrogens (tertiary/aromatic N) is 2. The highest BCUT2D eigenvalue weighted by molar-refractivity contribution is 8.02. The lowest BCUT2D eigenvalue weighted by atomic mass is 9.66. The van der Waals surface area contributed by atoms with Crippen LogP contribution in [0.1, 0.15) is 69.4 Å². The van der Waals surface area contributed by atoms with Gasteiger partial charge < -0.3 is 19.6 Å². The van der Waals surface area contributed by atoms with Gasteiger partial charge in [-0.25, -0.2) is 0 Å². The minimum atomic E-state index is -0.691. The molecule has 3 fully saturated rings. The van der Waals surface area contributed by atoms with E-state index in [1.165, 1.54) is 0 Å². The Kier molecular flexibility index (Phi) is 10.1. The number of aliphatic hydroxyl groups excluding tert-OH is 1. The van der Waals surface area contributed by atoms with Gasteiger partial charge in [0.05, 0.1) is 23.2 Å². The molecule has 3 aliphatic rings. The number of anilines is 1.